The van der Waals surface area contributed by atoms with Gasteiger partial charge in [-0.1, -0.05) is 55.5 Å². The van der Waals surface area contributed by atoms with Gasteiger partial charge in [-0.25, -0.2) is 9.45 Å². The van der Waals surface area contributed by atoms with Crippen molar-refractivity contribution in [1.82, 2.24) is 9.96 Å². The number of likely N-dealkylation sites (tertiary alicyclic amines) is 1. The highest BCUT2D eigenvalue weighted by Gasteiger charge is 2.33. The quantitative estimate of drug-likeness (QED) is 0.675. The Labute approximate surface area is 166 Å². The molecular weight excluding hydrogens is 355 g/mol. The molecule has 0 spiro atoms. The minimum absolute atomic E-state index is 0.0113. The Kier molecular flexibility index (Phi) is 7.18. The second-order valence-electron chi connectivity index (χ2n) is 7.58. The van der Waals surface area contributed by atoms with Crippen LogP contribution in [0, 0.1) is 11.7 Å². The van der Waals surface area contributed by atoms with E-state index >= 15 is 0 Å². The van der Waals surface area contributed by atoms with E-state index in [4.69, 9.17) is 4.84 Å². The Bertz CT molecular complexity index is 768. The van der Waals surface area contributed by atoms with Crippen LogP contribution in [0.1, 0.15) is 31.4 Å². The molecule has 0 radical (unpaired) electrons. The van der Waals surface area contributed by atoms with E-state index in [1.54, 1.807) is 18.2 Å². The molecule has 0 bridgehead atoms. The summed E-state index contributed by atoms with van der Waals surface area (Å²) in [6.45, 7) is 6.58. The van der Waals surface area contributed by atoms with Crippen LogP contribution in [0.3, 0.4) is 0 Å². The van der Waals surface area contributed by atoms with Crippen LogP contribution >= 0.6 is 0 Å². The van der Waals surface area contributed by atoms with E-state index in [0.29, 0.717) is 5.56 Å². The van der Waals surface area contributed by atoms with Gasteiger partial charge in [0, 0.05) is 32.1 Å². The van der Waals surface area contributed by atoms with Crippen molar-refractivity contribution in [2.45, 2.75) is 39.3 Å². The predicted molar refractivity (Wildman–Crippen MR) is 108 cm³/mol. The minimum Gasteiger partial charge on any atom is -0.303 e. The normalized spacial score (nSPS) is 20.1. The van der Waals surface area contributed by atoms with E-state index < -0.39 is 0 Å². The van der Waals surface area contributed by atoms with Crippen molar-refractivity contribution in [3.05, 3.63) is 71.5 Å². The highest BCUT2D eigenvalue weighted by atomic mass is 19.1. The first-order valence-electron chi connectivity index (χ1n) is 9.97. The first-order chi connectivity index (χ1) is 13.5. The van der Waals surface area contributed by atoms with Crippen LogP contribution < -0.4 is 0 Å². The molecule has 1 aliphatic heterocycles. The first-order valence-corrected chi connectivity index (χ1v) is 9.97. The van der Waals surface area contributed by atoms with Crippen molar-refractivity contribution in [2.24, 2.45) is 5.92 Å². The molecule has 2 atom stereocenters. The lowest BCUT2D eigenvalue weighted by molar-refractivity contribution is -0.214. The molecule has 4 nitrogen and oxygen atoms in total. The summed E-state index contributed by atoms with van der Waals surface area (Å²) < 4.78 is 13.8. The van der Waals surface area contributed by atoms with Gasteiger partial charge in [-0.2, -0.15) is 0 Å². The number of hydrogen-bond donors (Lipinski definition) is 0. The zero-order chi connectivity index (χ0) is 19.9. The number of carbonyl (C=O) groups is 1. The zero-order valence-electron chi connectivity index (χ0n) is 16.7. The molecular formula is C23H29FN2O2. The molecule has 1 heterocycles. The van der Waals surface area contributed by atoms with E-state index in [2.05, 4.69) is 36.1 Å². The van der Waals surface area contributed by atoms with Crippen LogP contribution in [0.5, 0.6) is 0 Å². The van der Waals surface area contributed by atoms with Crippen LogP contribution in [0.15, 0.2) is 54.6 Å². The van der Waals surface area contributed by atoms with Crippen LogP contribution in [0.25, 0.3) is 0 Å². The van der Waals surface area contributed by atoms with E-state index in [1.165, 1.54) is 23.6 Å². The van der Waals surface area contributed by atoms with Crippen molar-refractivity contribution >= 4 is 5.91 Å². The van der Waals surface area contributed by atoms with Crippen molar-refractivity contribution in [1.29, 1.82) is 0 Å². The average molecular weight is 384 g/mol. The number of hydroxylamine groups is 2. The van der Waals surface area contributed by atoms with Crippen molar-refractivity contribution in [3.8, 4) is 0 Å². The zero-order valence-corrected chi connectivity index (χ0v) is 16.7. The Morgan fingerprint density at radius 3 is 2.57 bits per heavy atom. The fourth-order valence-electron chi connectivity index (χ4n) is 3.88. The molecule has 1 aliphatic rings. The molecule has 2 aromatic rings. The van der Waals surface area contributed by atoms with E-state index in [1.807, 2.05) is 6.07 Å². The molecule has 0 aromatic heterocycles. The molecule has 0 N–H and O–H groups in total. The highest BCUT2D eigenvalue weighted by molar-refractivity contribution is 5.72. The third-order valence-corrected chi connectivity index (χ3v) is 5.43. The molecule has 1 saturated heterocycles. The van der Waals surface area contributed by atoms with Gasteiger partial charge in [-0.05, 0) is 30.4 Å². The van der Waals surface area contributed by atoms with Gasteiger partial charge < -0.3 is 4.90 Å². The highest BCUT2D eigenvalue weighted by Crippen LogP contribution is 2.24. The average Bonchev–Trinajstić information content (AvgIpc) is 2.69. The first kappa shape index (κ1) is 20.5. The van der Waals surface area contributed by atoms with Crippen molar-refractivity contribution in [3.63, 3.8) is 0 Å². The molecule has 2 aromatic carbocycles. The number of amides is 1. The summed E-state index contributed by atoms with van der Waals surface area (Å²) >= 11 is 0. The number of carbonyl (C=O) groups excluding carboxylic acids is 1. The van der Waals surface area contributed by atoms with Crippen LogP contribution in [0.2, 0.25) is 0 Å². The van der Waals surface area contributed by atoms with E-state index in [9.17, 15) is 9.18 Å². The number of benzene rings is 2. The Morgan fingerprint density at radius 1 is 1.18 bits per heavy atom. The molecule has 1 amide bonds. The second-order valence-corrected chi connectivity index (χ2v) is 7.58. The number of halogens is 1. The summed E-state index contributed by atoms with van der Waals surface area (Å²) in [5, 5.41) is 1.46. The maximum atomic E-state index is 13.8. The second kappa shape index (κ2) is 9.80. The van der Waals surface area contributed by atoms with Gasteiger partial charge in [-0.15, -0.1) is 0 Å². The summed E-state index contributed by atoms with van der Waals surface area (Å²) in [4.78, 5) is 20.4. The standard InChI is InChI=1S/C23H29FN2O2/c1-18-16-25(14-12-20-8-4-3-5-9-20)15-13-23(18)26(19(2)27)28-17-21-10-6-7-11-22(21)24/h3-11,18,23H,12-17H2,1-2H3. The molecule has 150 valence electrons. The fourth-order valence-corrected chi connectivity index (χ4v) is 3.88. The van der Waals surface area contributed by atoms with Gasteiger partial charge in [0.15, 0.2) is 0 Å². The number of rotatable bonds is 7. The molecule has 1 fully saturated rings. The van der Waals surface area contributed by atoms with Crippen LogP contribution in [0.4, 0.5) is 4.39 Å². The maximum Gasteiger partial charge on any atom is 0.243 e. The van der Waals surface area contributed by atoms with E-state index in [-0.39, 0.29) is 30.3 Å². The summed E-state index contributed by atoms with van der Waals surface area (Å²) in [5.74, 6) is -0.158. The summed E-state index contributed by atoms with van der Waals surface area (Å²) in [6, 6.07) is 17.0. The Morgan fingerprint density at radius 2 is 1.89 bits per heavy atom. The number of nitrogens with zero attached hydrogens (tertiary/aromatic N) is 2. The summed E-state index contributed by atoms with van der Waals surface area (Å²) in [5.41, 5.74) is 1.80. The predicted octanol–water partition coefficient (Wildman–Crippen LogP) is 4.06. The maximum absolute atomic E-state index is 13.8. The minimum atomic E-state index is -0.310. The van der Waals surface area contributed by atoms with Gasteiger partial charge >= 0.3 is 0 Å². The number of piperidine rings is 1. The van der Waals surface area contributed by atoms with Crippen molar-refractivity contribution < 1.29 is 14.0 Å². The third-order valence-electron chi connectivity index (χ3n) is 5.43. The lowest BCUT2D eigenvalue weighted by atomic mass is 9.93. The summed E-state index contributed by atoms with van der Waals surface area (Å²) in [6.07, 6.45) is 1.88. The molecule has 0 aliphatic carbocycles. The lowest BCUT2D eigenvalue weighted by Gasteiger charge is -2.41. The molecule has 28 heavy (non-hydrogen) atoms. The summed E-state index contributed by atoms with van der Waals surface area (Å²) in [7, 11) is 0. The van der Waals surface area contributed by atoms with Crippen LogP contribution in [-0.2, 0) is 22.7 Å². The fraction of sp³-hybridized carbons (Fsp3) is 0.435. The largest absolute Gasteiger partial charge is 0.303 e. The molecule has 0 saturated carbocycles. The molecule has 2 unspecified atom stereocenters. The smallest absolute Gasteiger partial charge is 0.243 e. The monoisotopic (exact) mass is 384 g/mol. The molecule has 5 heteroatoms. The Balaban J connectivity index is 1.54. The lowest BCUT2D eigenvalue weighted by Crippen LogP contribution is -2.51. The van der Waals surface area contributed by atoms with Crippen LogP contribution in [-0.4, -0.2) is 41.5 Å². The molecule has 3 rings (SSSR count). The Hall–Kier alpha value is -2.24. The topological polar surface area (TPSA) is 32.8 Å². The number of hydrogen-bond acceptors (Lipinski definition) is 3. The van der Waals surface area contributed by atoms with Gasteiger partial charge in [0.25, 0.3) is 0 Å². The third kappa shape index (κ3) is 5.40. The van der Waals surface area contributed by atoms with E-state index in [0.717, 1.165) is 32.5 Å². The van der Waals surface area contributed by atoms with Crippen molar-refractivity contribution in [2.75, 3.05) is 19.6 Å². The van der Waals surface area contributed by atoms with Gasteiger partial charge in [0.1, 0.15) is 12.4 Å². The van der Waals surface area contributed by atoms with Gasteiger partial charge in [0.05, 0.1) is 6.04 Å². The van der Waals surface area contributed by atoms with Gasteiger partial charge in [-0.3, -0.25) is 9.63 Å². The SMILES string of the molecule is CC(=O)N(OCc1ccccc1F)C1CCN(CCc2ccccc2)CC1C. The van der Waals surface area contributed by atoms with Gasteiger partial charge in [0.2, 0.25) is 5.91 Å².